The Kier molecular flexibility index (Phi) is 4.71. The summed E-state index contributed by atoms with van der Waals surface area (Å²) in [5.41, 5.74) is 1.25. The van der Waals surface area contributed by atoms with E-state index in [1.165, 1.54) is 0 Å². The van der Waals surface area contributed by atoms with Crippen LogP contribution in [0.25, 0.3) is 0 Å². The highest BCUT2D eigenvalue weighted by Crippen LogP contribution is 2.20. The maximum atomic E-state index is 5.42. The number of aromatic nitrogens is 2. The van der Waals surface area contributed by atoms with Crippen molar-refractivity contribution in [3.8, 4) is 0 Å². The minimum absolute atomic E-state index is 0.0991. The maximum Gasteiger partial charge on any atom is 0.222 e. The Morgan fingerprint density at radius 3 is 2.68 bits per heavy atom. The van der Waals surface area contributed by atoms with E-state index in [4.69, 9.17) is 4.74 Å². The second-order valence-corrected chi connectivity index (χ2v) is 5.99. The number of nitrogens with one attached hydrogen (secondary N) is 2. The number of ether oxygens (including phenoxy) is 1. The van der Waals surface area contributed by atoms with Crippen molar-refractivity contribution in [1.82, 2.24) is 15.3 Å². The highest BCUT2D eigenvalue weighted by Gasteiger charge is 2.15. The molecule has 2 heterocycles. The molecule has 1 aromatic rings. The van der Waals surface area contributed by atoms with E-state index in [1.54, 1.807) is 0 Å². The van der Waals surface area contributed by atoms with Crippen LogP contribution >= 0.6 is 0 Å². The number of rotatable bonds is 4. The molecule has 1 aliphatic rings. The van der Waals surface area contributed by atoms with E-state index in [2.05, 4.69) is 41.4 Å². The fourth-order valence-electron chi connectivity index (χ4n) is 1.97. The van der Waals surface area contributed by atoms with Crippen LogP contribution in [0.2, 0.25) is 0 Å². The van der Waals surface area contributed by atoms with Gasteiger partial charge < -0.3 is 15.4 Å². The molecule has 1 saturated heterocycles. The fraction of sp³-hybridized carbons (Fsp3) is 0.714. The average Bonchev–Trinajstić information content (AvgIpc) is 2.39. The van der Waals surface area contributed by atoms with Crippen LogP contribution in [0.4, 0.5) is 5.95 Å². The maximum absolute atomic E-state index is 5.42. The summed E-state index contributed by atoms with van der Waals surface area (Å²) in [5, 5.41) is 6.68. The highest BCUT2D eigenvalue weighted by molar-refractivity contribution is 5.27. The first kappa shape index (κ1) is 14.2. The minimum Gasteiger partial charge on any atom is -0.379 e. The molecule has 5 heteroatoms. The number of hydrogen-bond acceptors (Lipinski definition) is 5. The number of nitrogens with zero attached hydrogens (tertiary/aromatic N) is 2. The normalized spacial score (nSPS) is 20.3. The Morgan fingerprint density at radius 2 is 2.11 bits per heavy atom. The van der Waals surface area contributed by atoms with Gasteiger partial charge in [-0.05, 0) is 17.4 Å². The Bertz CT molecular complexity index is 379. The molecule has 0 aliphatic carbocycles. The number of anilines is 1. The summed E-state index contributed by atoms with van der Waals surface area (Å²) in [6.07, 6.45) is 4.82. The molecule has 0 bridgehead atoms. The summed E-state index contributed by atoms with van der Waals surface area (Å²) in [5.74, 6) is 0.699. The van der Waals surface area contributed by atoms with Gasteiger partial charge in [0.1, 0.15) is 0 Å². The summed E-state index contributed by atoms with van der Waals surface area (Å²) >= 11 is 0. The lowest BCUT2D eigenvalue weighted by Crippen LogP contribution is -2.42. The highest BCUT2D eigenvalue weighted by atomic mass is 16.5. The molecule has 19 heavy (non-hydrogen) atoms. The van der Waals surface area contributed by atoms with Gasteiger partial charge in [0.15, 0.2) is 0 Å². The summed E-state index contributed by atoms with van der Waals surface area (Å²) < 4.78 is 5.42. The first-order valence-corrected chi connectivity index (χ1v) is 6.93. The zero-order valence-corrected chi connectivity index (χ0v) is 12.1. The number of hydrogen-bond donors (Lipinski definition) is 2. The minimum atomic E-state index is 0.0991. The molecular formula is C14H24N4O. The summed E-state index contributed by atoms with van der Waals surface area (Å²) in [6.45, 7) is 9.90. The van der Waals surface area contributed by atoms with Gasteiger partial charge in [0.2, 0.25) is 5.95 Å². The SMILES string of the molecule is CC(C)(C)c1cnc(NCCC2COCCN2)nc1. The van der Waals surface area contributed by atoms with Gasteiger partial charge in [-0.3, -0.25) is 0 Å². The quantitative estimate of drug-likeness (QED) is 0.864. The topological polar surface area (TPSA) is 59.1 Å². The first-order valence-electron chi connectivity index (χ1n) is 6.93. The van der Waals surface area contributed by atoms with Crippen molar-refractivity contribution in [1.29, 1.82) is 0 Å². The Balaban J connectivity index is 1.76. The summed E-state index contributed by atoms with van der Waals surface area (Å²) in [7, 11) is 0. The van der Waals surface area contributed by atoms with Crippen molar-refractivity contribution in [2.45, 2.75) is 38.6 Å². The molecule has 0 amide bonds. The summed E-state index contributed by atoms with van der Waals surface area (Å²) in [6, 6.07) is 0.440. The lowest BCUT2D eigenvalue weighted by atomic mass is 9.89. The molecule has 0 saturated carbocycles. The molecule has 2 N–H and O–H groups in total. The predicted octanol–water partition coefficient (Wildman–Crippen LogP) is 1.56. The Labute approximate surface area is 115 Å². The van der Waals surface area contributed by atoms with Gasteiger partial charge in [0.25, 0.3) is 0 Å². The van der Waals surface area contributed by atoms with Gasteiger partial charge in [-0.2, -0.15) is 0 Å². The van der Waals surface area contributed by atoms with Gasteiger partial charge in [-0.15, -0.1) is 0 Å². The van der Waals surface area contributed by atoms with Crippen molar-refractivity contribution in [2.75, 3.05) is 31.6 Å². The van der Waals surface area contributed by atoms with Crippen molar-refractivity contribution < 1.29 is 4.74 Å². The van der Waals surface area contributed by atoms with E-state index >= 15 is 0 Å². The van der Waals surface area contributed by atoms with E-state index in [0.29, 0.717) is 12.0 Å². The standard InChI is InChI=1S/C14H24N4O/c1-14(2,3)11-8-17-13(18-9-11)16-5-4-12-10-19-7-6-15-12/h8-9,12,15H,4-7,10H2,1-3H3,(H,16,17,18). The lowest BCUT2D eigenvalue weighted by Gasteiger charge is -2.23. The van der Waals surface area contributed by atoms with E-state index in [1.807, 2.05) is 12.4 Å². The van der Waals surface area contributed by atoms with Gasteiger partial charge in [-0.25, -0.2) is 9.97 Å². The van der Waals surface area contributed by atoms with E-state index in [-0.39, 0.29) is 5.41 Å². The molecule has 0 aromatic carbocycles. The van der Waals surface area contributed by atoms with E-state index < -0.39 is 0 Å². The molecule has 1 unspecified atom stereocenters. The van der Waals surface area contributed by atoms with Crippen LogP contribution in [0.15, 0.2) is 12.4 Å². The molecule has 106 valence electrons. The van der Waals surface area contributed by atoms with Crippen LogP contribution in [-0.2, 0) is 10.2 Å². The second-order valence-electron chi connectivity index (χ2n) is 5.99. The second kappa shape index (κ2) is 6.30. The van der Waals surface area contributed by atoms with Gasteiger partial charge in [0.05, 0.1) is 13.2 Å². The Morgan fingerprint density at radius 1 is 1.37 bits per heavy atom. The van der Waals surface area contributed by atoms with Gasteiger partial charge in [0, 0.05) is 31.5 Å². The molecule has 1 aromatic heterocycles. The van der Waals surface area contributed by atoms with Crippen LogP contribution in [0, 0.1) is 0 Å². The van der Waals surface area contributed by atoms with Crippen molar-refractivity contribution in [3.05, 3.63) is 18.0 Å². The zero-order valence-electron chi connectivity index (χ0n) is 12.1. The van der Waals surface area contributed by atoms with Crippen molar-refractivity contribution >= 4 is 5.95 Å². The molecule has 2 rings (SSSR count). The van der Waals surface area contributed by atoms with Crippen LogP contribution in [0.3, 0.4) is 0 Å². The monoisotopic (exact) mass is 264 g/mol. The molecule has 1 fully saturated rings. The van der Waals surface area contributed by atoms with Crippen LogP contribution in [0.5, 0.6) is 0 Å². The smallest absolute Gasteiger partial charge is 0.222 e. The third-order valence-electron chi connectivity index (χ3n) is 3.29. The molecule has 1 aliphatic heterocycles. The van der Waals surface area contributed by atoms with E-state index in [0.717, 1.165) is 38.3 Å². The van der Waals surface area contributed by atoms with Crippen LogP contribution in [0.1, 0.15) is 32.8 Å². The van der Waals surface area contributed by atoms with Gasteiger partial charge >= 0.3 is 0 Å². The lowest BCUT2D eigenvalue weighted by molar-refractivity contribution is 0.0753. The Hall–Kier alpha value is -1.20. The largest absolute Gasteiger partial charge is 0.379 e. The van der Waals surface area contributed by atoms with Gasteiger partial charge in [-0.1, -0.05) is 20.8 Å². The first-order chi connectivity index (χ1) is 9.05. The zero-order chi connectivity index (χ0) is 13.7. The molecule has 1 atom stereocenters. The van der Waals surface area contributed by atoms with Crippen molar-refractivity contribution in [3.63, 3.8) is 0 Å². The third kappa shape index (κ3) is 4.44. The summed E-state index contributed by atoms with van der Waals surface area (Å²) in [4.78, 5) is 8.71. The van der Waals surface area contributed by atoms with Crippen molar-refractivity contribution in [2.24, 2.45) is 0 Å². The van der Waals surface area contributed by atoms with Crippen LogP contribution < -0.4 is 10.6 Å². The third-order valence-corrected chi connectivity index (χ3v) is 3.29. The van der Waals surface area contributed by atoms with Crippen LogP contribution in [-0.4, -0.2) is 42.3 Å². The average molecular weight is 264 g/mol. The molecule has 5 nitrogen and oxygen atoms in total. The fourth-order valence-corrected chi connectivity index (χ4v) is 1.97. The molecular weight excluding hydrogens is 240 g/mol. The molecule has 0 radical (unpaired) electrons. The number of morpholine rings is 1. The molecule has 0 spiro atoms. The van der Waals surface area contributed by atoms with E-state index in [9.17, 15) is 0 Å². The predicted molar refractivity (Wildman–Crippen MR) is 76.4 cm³/mol.